The first-order valence-corrected chi connectivity index (χ1v) is 6.23. The Morgan fingerprint density at radius 3 is 2.29 bits per heavy atom. The topological polar surface area (TPSA) is 52.0 Å². The predicted octanol–water partition coefficient (Wildman–Crippen LogP) is 1.20. The SMILES string of the molecule is NCC1CC2C3CC(CN)C(C3)C2C1. The maximum Gasteiger partial charge on any atom is -0.00460 e. The van der Waals surface area contributed by atoms with Crippen LogP contribution in [0.25, 0.3) is 0 Å². The zero-order valence-corrected chi connectivity index (χ0v) is 8.86. The minimum atomic E-state index is 0.840. The van der Waals surface area contributed by atoms with Crippen LogP contribution in [-0.4, -0.2) is 13.1 Å². The highest BCUT2D eigenvalue weighted by Gasteiger charge is 2.54. The van der Waals surface area contributed by atoms with E-state index in [1.165, 1.54) is 25.7 Å². The van der Waals surface area contributed by atoms with Crippen molar-refractivity contribution >= 4 is 0 Å². The molecule has 0 aromatic heterocycles. The molecule has 0 radical (unpaired) electrons. The number of hydrogen-bond donors (Lipinski definition) is 2. The fourth-order valence-electron chi connectivity index (χ4n) is 4.79. The van der Waals surface area contributed by atoms with Crippen molar-refractivity contribution < 1.29 is 0 Å². The summed E-state index contributed by atoms with van der Waals surface area (Å²) in [5.74, 6) is 5.75. The first kappa shape index (κ1) is 9.17. The molecule has 4 N–H and O–H groups in total. The van der Waals surface area contributed by atoms with Gasteiger partial charge in [0.05, 0.1) is 0 Å². The van der Waals surface area contributed by atoms with Gasteiger partial charge in [0.1, 0.15) is 0 Å². The standard InChI is InChI=1S/C12H22N2/c13-5-7-1-10-8-3-9(6-14)11(4-8)12(10)2-7/h7-12H,1-6,13-14H2. The Kier molecular flexibility index (Phi) is 2.10. The van der Waals surface area contributed by atoms with Crippen LogP contribution in [-0.2, 0) is 0 Å². The van der Waals surface area contributed by atoms with Crippen molar-refractivity contribution in [1.82, 2.24) is 0 Å². The molecule has 2 heteroatoms. The summed E-state index contributed by atoms with van der Waals surface area (Å²) in [7, 11) is 0. The van der Waals surface area contributed by atoms with Crippen LogP contribution in [0.4, 0.5) is 0 Å². The van der Waals surface area contributed by atoms with Gasteiger partial charge in [-0.15, -0.1) is 0 Å². The minimum absolute atomic E-state index is 0.840. The van der Waals surface area contributed by atoms with Gasteiger partial charge >= 0.3 is 0 Å². The van der Waals surface area contributed by atoms with Gasteiger partial charge in [-0.1, -0.05) is 0 Å². The van der Waals surface area contributed by atoms with Gasteiger partial charge in [-0.05, 0) is 74.3 Å². The molecule has 2 nitrogen and oxygen atoms in total. The summed E-state index contributed by atoms with van der Waals surface area (Å²) in [5, 5.41) is 0. The number of fused-ring (bicyclic) bond motifs is 5. The highest BCUT2D eigenvalue weighted by Crippen LogP contribution is 2.61. The third-order valence-electron chi connectivity index (χ3n) is 5.34. The molecular formula is C12H22N2. The lowest BCUT2D eigenvalue weighted by Crippen LogP contribution is -2.29. The van der Waals surface area contributed by atoms with Crippen molar-refractivity contribution in [2.75, 3.05) is 13.1 Å². The van der Waals surface area contributed by atoms with Gasteiger partial charge in [0, 0.05) is 0 Å². The van der Waals surface area contributed by atoms with Gasteiger partial charge < -0.3 is 11.5 Å². The summed E-state index contributed by atoms with van der Waals surface area (Å²) in [5.41, 5.74) is 11.6. The molecule has 6 unspecified atom stereocenters. The van der Waals surface area contributed by atoms with Crippen LogP contribution < -0.4 is 11.5 Å². The first-order chi connectivity index (χ1) is 6.83. The van der Waals surface area contributed by atoms with Crippen molar-refractivity contribution in [3.8, 4) is 0 Å². The molecule has 0 spiro atoms. The monoisotopic (exact) mass is 194 g/mol. The van der Waals surface area contributed by atoms with E-state index in [0.717, 1.165) is 48.6 Å². The van der Waals surface area contributed by atoms with E-state index in [1.807, 2.05) is 0 Å². The van der Waals surface area contributed by atoms with Crippen LogP contribution in [0, 0.1) is 35.5 Å². The molecule has 3 fully saturated rings. The Hall–Kier alpha value is -0.0800. The second-order valence-corrected chi connectivity index (χ2v) is 5.79. The second kappa shape index (κ2) is 3.21. The maximum absolute atomic E-state index is 5.85. The maximum atomic E-state index is 5.85. The van der Waals surface area contributed by atoms with Crippen molar-refractivity contribution in [1.29, 1.82) is 0 Å². The van der Waals surface area contributed by atoms with Crippen LogP contribution in [0.3, 0.4) is 0 Å². The number of rotatable bonds is 2. The van der Waals surface area contributed by atoms with Gasteiger partial charge in [-0.25, -0.2) is 0 Å². The van der Waals surface area contributed by atoms with Gasteiger partial charge in [0.2, 0.25) is 0 Å². The van der Waals surface area contributed by atoms with Crippen LogP contribution in [0.15, 0.2) is 0 Å². The first-order valence-electron chi connectivity index (χ1n) is 6.23. The Bertz CT molecular complexity index is 226. The molecule has 2 bridgehead atoms. The van der Waals surface area contributed by atoms with E-state index in [4.69, 9.17) is 11.5 Å². The lowest BCUT2D eigenvalue weighted by molar-refractivity contribution is 0.194. The zero-order valence-electron chi connectivity index (χ0n) is 8.86. The van der Waals surface area contributed by atoms with E-state index in [-0.39, 0.29) is 0 Å². The fourth-order valence-corrected chi connectivity index (χ4v) is 4.79. The molecule has 0 aliphatic heterocycles. The van der Waals surface area contributed by atoms with Crippen LogP contribution in [0.2, 0.25) is 0 Å². The van der Waals surface area contributed by atoms with Gasteiger partial charge in [-0.2, -0.15) is 0 Å². The largest absolute Gasteiger partial charge is 0.330 e. The van der Waals surface area contributed by atoms with Crippen LogP contribution in [0.5, 0.6) is 0 Å². The molecule has 3 rings (SSSR count). The number of hydrogen-bond acceptors (Lipinski definition) is 2. The molecule has 0 amide bonds. The fraction of sp³-hybridized carbons (Fsp3) is 1.00. The smallest absolute Gasteiger partial charge is 0.00460 e. The summed E-state index contributed by atoms with van der Waals surface area (Å²) >= 11 is 0. The molecule has 0 aromatic carbocycles. The highest BCUT2D eigenvalue weighted by atomic mass is 14.7. The van der Waals surface area contributed by atoms with E-state index >= 15 is 0 Å². The molecule has 3 aliphatic rings. The minimum Gasteiger partial charge on any atom is -0.330 e. The molecule has 0 heterocycles. The Balaban J connectivity index is 1.75. The molecule has 0 saturated heterocycles. The molecule has 6 atom stereocenters. The van der Waals surface area contributed by atoms with Crippen LogP contribution in [0.1, 0.15) is 25.7 Å². The molecule has 80 valence electrons. The quantitative estimate of drug-likeness (QED) is 0.694. The molecule has 3 aliphatic carbocycles. The average molecular weight is 194 g/mol. The Labute approximate surface area is 86.4 Å². The van der Waals surface area contributed by atoms with Crippen LogP contribution >= 0.6 is 0 Å². The highest BCUT2D eigenvalue weighted by molar-refractivity contribution is 5.04. The Morgan fingerprint density at radius 1 is 0.786 bits per heavy atom. The Morgan fingerprint density at radius 2 is 1.57 bits per heavy atom. The van der Waals surface area contributed by atoms with Crippen molar-refractivity contribution in [2.45, 2.75) is 25.7 Å². The molecule has 3 saturated carbocycles. The number of nitrogens with two attached hydrogens (primary N) is 2. The van der Waals surface area contributed by atoms with E-state index < -0.39 is 0 Å². The zero-order chi connectivity index (χ0) is 9.71. The van der Waals surface area contributed by atoms with E-state index in [0.29, 0.717) is 0 Å². The summed E-state index contributed by atoms with van der Waals surface area (Å²) in [6, 6.07) is 0. The summed E-state index contributed by atoms with van der Waals surface area (Å²) in [6.07, 6.45) is 5.77. The third-order valence-corrected chi connectivity index (χ3v) is 5.34. The lowest BCUT2D eigenvalue weighted by atomic mass is 9.76. The molecule has 14 heavy (non-hydrogen) atoms. The summed E-state index contributed by atoms with van der Waals surface area (Å²) < 4.78 is 0. The van der Waals surface area contributed by atoms with E-state index in [1.54, 1.807) is 0 Å². The predicted molar refractivity (Wildman–Crippen MR) is 57.5 cm³/mol. The van der Waals surface area contributed by atoms with Crippen molar-refractivity contribution in [3.05, 3.63) is 0 Å². The van der Waals surface area contributed by atoms with Crippen molar-refractivity contribution in [2.24, 2.45) is 47.0 Å². The average Bonchev–Trinajstić information content (AvgIpc) is 2.87. The van der Waals surface area contributed by atoms with Crippen molar-refractivity contribution in [3.63, 3.8) is 0 Å². The molecular weight excluding hydrogens is 172 g/mol. The van der Waals surface area contributed by atoms with Gasteiger partial charge in [0.25, 0.3) is 0 Å². The summed E-state index contributed by atoms with van der Waals surface area (Å²) in [6.45, 7) is 1.84. The summed E-state index contributed by atoms with van der Waals surface area (Å²) in [4.78, 5) is 0. The van der Waals surface area contributed by atoms with Gasteiger partial charge in [0.15, 0.2) is 0 Å². The van der Waals surface area contributed by atoms with E-state index in [9.17, 15) is 0 Å². The van der Waals surface area contributed by atoms with E-state index in [2.05, 4.69) is 0 Å². The second-order valence-electron chi connectivity index (χ2n) is 5.79. The lowest BCUT2D eigenvalue weighted by Gasteiger charge is -2.30. The third kappa shape index (κ3) is 1.10. The normalized spacial score (nSPS) is 55.3. The van der Waals surface area contributed by atoms with Gasteiger partial charge in [-0.3, -0.25) is 0 Å². The molecule has 0 aromatic rings.